The molecule has 0 bridgehead atoms. The number of hydrogen-bond donors (Lipinski definition) is 1. The predicted octanol–water partition coefficient (Wildman–Crippen LogP) is 0.566. The van der Waals surface area contributed by atoms with E-state index in [9.17, 15) is 14.4 Å². The number of carbonyl (C=O) groups is 3. The molecule has 0 aromatic rings. The van der Waals surface area contributed by atoms with Crippen LogP contribution in [-0.2, 0) is 14.4 Å². The lowest BCUT2D eigenvalue weighted by atomic mass is 10.0. The molecular formula is C15H22N2O4. The van der Waals surface area contributed by atoms with E-state index in [2.05, 4.69) is 0 Å². The first-order valence-corrected chi connectivity index (χ1v) is 7.78. The molecule has 1 saturated carbocycles. The SMILES string of the molecule is CC1C(C(=O)O)CCN1C(=O)C1CC(=O)N(CC2CC2)C1. The molecule has 1 aliphatic carbocycles. The summed E-state index contributed by atoms with van der Waals surface area (Å²) in [6.45, 7) is 3.58. The van der Waals surface area contributed by atoms with Gasteiger partial charge >= 0.3 is 5.97 Å². The topological polar surface area (TPSA) is 77.9 Å². The van der Waals surface area contributed by atoms with Crippen molar-refractivity contribution in [3.63, 3.8) is 0 Å². The van der Waals surface area contributed by atoms with E-state index in [0.717, 1.165) is 6.54 Å². The highest BCUT2D eigenvalue weighted by molar-refractivity contribution is 5.90. The van der Waals surface area contributed by atoms with Gasteiger partial charge in [0, 0.05) is 32.1 Å². The third-order valence-corrected chi connectivity index (χ3v) is 5.09. The van der Waals surface area contributed by atoms with Crippen LogP contribution in [0.2, 0.25) is 0 Å². The molecule has 0 aromatic heterocycles. The summed E-state index contributed by atoms with van der Waals surface area (Å²) in [4.78, 5) is 39.2. The average Bonchev–Trinajstić information content (AvgIpc) is 3.05. The largest absolute Gasteiger partial charge is 0.481 e. The Morgan fingerprint density at radius 3 is 2.57 bits per heavy atom. The minimum atomic E-state index is -0.837. The number of carboxylic acids is 1. The minimum absolute atomic E-state index is 0.0436. The highest BCUT2D eigenvalue weighted by Crippen LogP contribution is 2.33. The average molecular weight is 294 g/mol. The summed E-state index contributed by atoms with van der Waals surface area (Å²) in [6.07, 6.45) is 3.17. The Morgan fingerprint density at radius 2 is 2.00 bits per heavy atom. The lowest BCUT2D eigenvalue weighted by molar-refractivity contribution is -0.143. The molecule has 2 heterocycles. The van der Waals surface area contributed by atoms with Crippen molar-refractivity contribution in [2.75, 3.05) is 19.6 Å². The predicted molar refractivity (Wildman–Crippen MR) is 74.3 cm³/mol. The van der Waals surface area contributed by atoms with E-state index < -0.39 is 11.9 Å². The highest BCUT2D eigenvalue weighted by Gasteiger charge is 2.43. The molecule has 2 saturated heterocycles. The van der Waals surface area contributed by atoms with Crippen molar-refractivity contribution >= 4 is 17.8 Å². The van der Waals surface area contributed by atoms with Crippen LogP contribution in [0.3, 0.4) is 0 Å². The smallest absolute Gasteiger partial charge is 0.308 e. The molecule has 1 N–H and O–H groups in total. The number of carbonyl (C=O) groups excluding carboxylic acids is 2. The second-order valence-corrected chi connectivity index (χ2v) is 6.65. The van der Waals surface area contributed by atoms with Crippen molar-refractivity contribution in [3.05, 3.63) is 0 Å². The van der Waals surface area contributed by atoms with E-state index in [-0.39, 0.29) is 30.2 Å². The molecule has 3 rings (SSSR count). The van der Waals surface area contributed by atoms with Crippen LogP contribution in [0.1, 0.15) is 32.6 Å². The first-order valence-electron chi connectivity index (χ1n) is 7.78. The summed E-state index contributed by atoms with van der Waals surface area (Å²) in [5.74, 6) is -0.944. The maximum Gasteiger partial charge on any atom is 0.308 e. The summed E-state index contributed by atoms with van der Waals surface area (Å²) in [5, 5.41) is 9.14. The van der Waals surface area contributed by atoms with Crippen molar-refractivity contribution in [1.29, 1.82) is 0 Å². The van der Waals surface area contributed by atoms with E-state index in [1.54, 1.807) is 11.8 Å². The fraction of sp³-hybridized carbons (Fsp3) is 0.800. The zero-order valence-corrected chi connectivity index (χ0v) is 12.3. The molecule has 116 valence electrons. The Labute approximate surface area is 124 Å². The van der Waals surface area contributed by atoms with Gasteiger partial charge in [0.2, 0.25) is 11.8 Å². The van der Waals surface area contributed by atoms with Crippen molar-refractivity contribution < 1.29 is 19.5 Å². The van der Waals surface area contributed by atoms with Gasteiger partial charge in [-0.2, -0.15) is 0 Å². The van der Waals surface area contributed by atoms with Crippen LogP contribution < -0.4 is 0 Å². The molecular weight excluding hydrogens is 272 g/mol. The number of nitrogens with zero attached hydrogens (tertiary/aromatic N) is 2. The van der Waals surface area contributed by atoms with E-state index in [0.29, 0.717) is 25.4 Å². The van der Waals surface area contributed by atoms with Crippen LogP contribution in [0.4, 0.5) is 0 Å². The Hall–Kier alpha value is -1.59. The first-order chi connectivity index (χ1) is 9.97. The Bertz CT molecular complexity index is 474. The third kappa shape index (κ3) is 2.76. The van der Waals surface area contributed by atoms with Gasteiger partial charge in [-0.3, -0.25) is 14.4 Å². The summed E-state index contributed by atoms with van der Waals surface area (Å²) in [6, 6.07) is -0.275. The molecule has 2 aliphatic heterocycles. The van der Waals surface area contributed by atoms with E-state index in [1.165, 1.54) is 12.8 Å². The number of amides is 2. The molecule has 0 spiro atoms. The van der Waals surface area contributed by atoms with Crippen LogP contribution in [0.5, 0.6) is 0 Å². The summed E-state index contributed by atoms with van der Waals surface area (Å²) in [5.41, 5.74) is 0. The van der Waals surface area contributed by atoms with Crippen molar-refractivity contribution in [2.45, 2.75) is 38.6 Å². The maximum atomic E-state index is 12.6. The standard InChI is InChI=1S/C15H22N2O4/c1-9-12(15(20)21)4-5-17(9)14(19)11-6-13(18)16(8-11)7-10-2-3-10/h9-12H,2-8H2,1H3,(H,20,21). The molecule has 0 aromatic carbocycles. The lowest BCUT2D eigenvalue weighted by Gasteiger charge is -2.26. The third-order valence-electron chi connectivity index (χ3n) is 5.09. The molecule has 2 amide bonds. The van der Waals surface area contributed by atoms with Crippen molar-refractivity contribution in [3.8, 4) is 0 Å². The Balaban J connectivity index is 1.61. The molecule has 6 nitrogen and oxygen atoms in total. The number of likely N-dealkylation sites (tertiary alicyclic amines) is 2. The summed E-state index contributed by atoms with van der Waals surface area (Å²) < 4.78 is 0. The van der Waals surface area contributed by atoms with Gasteiger partial charge in [0.1, 0.15) is 0 Å². The zero-order chi connectivity index (χ0) is 15.1. The van der Waals surface area contributed by atoms with Gasteiger partial charge in [-0.1, -0.05) is 0 Å². The minimum Gasteiger partial charge on any atom is -0.481 e. The number of hydrogen-bond acceptors (Lipinski definition) is 3. The maximum absolute atomic E-state index is 12.6. The molecule has 3 aliphatic rings. The molecule has 3 fully saturated rings. The van der Waals surface area contributed by atoms with Crippen LogP contribution in [-0.4, -0.2) is 58.4 Å². The van der Waals surface area contributed by atoms with Gasteiger partial charge in [0.25, 0.3) is 0 Å². The summed E-state index contributed by atoms with van der Waals surface area (Å²) in [7, 11) is 0. The Kier molecular flexibility index (Phi) is 3.63. The molecule has 3 atom stereocenters. The van der Waals surface area contributed by atoms with Gasteiger partial charge in [0.15, 0.2) is 0 Å². The van der Waals surface area contributed by atoms with Gasteiger partial charge in [-0.05, 0) is 32.1 Å². The van der Waals surface area contributed by atoms with Crippen molar-refractivity contribution in [2.24, 2.45) is 17.8 Å². The molecule has 3 unspecified atom stereocenters. The fourth-order valence-corrected chi connectivity index (χ4v) is 3.54. The van der Waals surface area contributed by atoms with Gasteiger partial charge in [0.05, 0.1) is 11.8 Å². The van der Waals surface area contributed by atoms with E-state index >= 15 is 0 Å². The van der Waals surface area contributed by atoms with Crippen LogP contribution in [0, 0.1) is 17.8 Å². The first kappa shape index (κ1) is 14.4. The monoisotopic (exact) mass is 294 g/mol. The fourth-order valence-electron chi connectivity index (χ4n) is 3.54. The van der Waals surface area contributed by atoms with Gasteiger partial charge in [-0.15, -0.1) is 0 Å². The number of aliphatic carboxylic acids is 1. The second kappa shape index (κ2) is 5.31. The van der Waals surface area contributed by atoms with E-state index in [4.69, 9.17) is 5.11 Å². The Morgan fingerprint density at radius 1 is 1.29 bits per heavy atom. The van der Waals surface area contributed by atoms with Gasteiger partial charge in [-0.25, -0.2) is 0 Å². The van der Waals surface area contributed by atoms with Crippen molar-refractivity contribution in [1.82, 2.24) is 9.80 Å². The number of carboxylic acid groups (broad SMARTS) is 1. The molecule has 0 radical (unpaired) electrons. The molecule has 21 heavy (non-hydrogen) atoms. The lowest BCUT2D eigenvalue weighted by Crippen LogP contribution is -2.42. The van der Waals surface area contributed by atoms with Crippen LogP contribution >= 0.6 is 0 Å². The molecule has 6 heteroatoms. The van der Waals surface area contributed by atoms with Crippen LogP contribution in [0.15, 0.2) is 0 Å². The second-order valence-electron chi connectivity index (χ2n) is 6.65. The highest BCUT2D eigenvalue weighted by atomic mass is 16.4. The van der Waals surface area contributed by atoms with E-state index in [1.807, 2.05) is 4.90 Å². The normalized spacial score (nSPS) is 32.8. The zero-order valence-electron chi connectivity index (χ0n) is 12.3. The summed E-state index contributed by atoms with van der Waals surface area (Å²) >= 11 is 0. The number of rotatable bonds is 4. The van der Waals surface area contributed by atoms with Gasteiger partial charge < -0.3 is 14.9 Å². The van der Waals surface area contributed by atoms with Crippen LogP contribution in [0.25, 0.3) is 0 Å². The quantitative estimate of drug-likeness (QED) is 0.822.